The van der Waals surface area contributed by atoms with Crippen LogP contribution in [0.25, 0.3) is 10.2 Å². The van der Waals surface area contributed by atoms with Crippen LogP contribution in [0.15, 0.2) is 12.1 Å². The van der Waals surface area contributed by atoms with Crippen molar-refractivity contribution in [1.82, 2.24) is 10.0 Å². The number of amides is 1. The SMILES string of the molecule is COc1ccc(C2COCCOC2)c2sc(NC(=O)ON3CCC4(CC3)OCCO4)nc12. The Labute approximate surface area is 189 Å². The molecule has 3 saturated heterocycles. The molecule has 0 bridgehead atoms. The van der Waals surface area contributed by atoms with Crippen LogP contribution < -0.4 is 10.1 Å². The van der Waals surface area contributed by atoms with Gasteiger partial charge in [0.25, 0.3) is 0 Å². The lowest BCUT2D eigenvalue weighted by atomic mass is 10.0. The summed E-state index contributed by atoms with van der Waals surface area (Å²) in [7, 11) is 1.61. The van der Waals surface area contributed by atoms with Gasteiger partial charge in [0.05, 0.1) is 51.5 Å². The largest absolute Gasteiger partial charge is 0.494 e. The van der Waals surface area contributed by atoms with E-state index < -0.39 is 11.9 Å². The van der Waals surface area contributed by atoms with Crippen LogP contribution >= 0.6 is 11.3 Å². The quantitative estimate of drug-likeness (QED) is 0.730. The summed E-state index contributed by atoms with van der Waals surface area (Å²) in [5.74, 6) is 0.225. The Hall–Kier alpha value is -2.02. The van der Waals surface area contributed by atoms with E-state index >= 15 is 0 Å². The lowest BCUT2D eigenvalue weighted by Gasteiger charge is -2.36. The molecular weight excluding hydrogens is 438 g/mol. The summed E-state index contributed by atoms with van der Waals surface area (Å²) in [4.78, 5) is 22.6. The first-order chi connectivity index (χ1) is 15.7. The Balaban J connectivity index is 1.27. The van der Waals surface area contributed by atoms with Gasteiger partial charge in [-0.25, -0.2) is 9.78 Å². The van der Waals surface area contributed by atoms with E-state index in [0.29, 0.717) is 82.0 Å². The molecule has 5 rings (SSSR count). The van der Waals surface area contributed by atoms with Crippen molar-refractivity contribution in [2.45, 2.75) is 24.5 Å². The van der Waals surface area contributed by atoms with Crippen LogP contribution in [0.2, 0.25) is 0 Å². The number of hydroxylamine groups is 2. The number of carbonyl (C=O) groups excluding carboxylic acids is 1. The fourth-order valence-electron chi connectivity index (χ4n) is 4.27. The van der Waals surface area contributed by atoms with E-state index in [1.165, 1.54) is 11.3 Å². The first-order valence-corrected chi connectivity index (χ1v) is 11.6. The van der Waals surface area contributed by atoms with Crippen molar-refractivity contribution >= 4 is 32.8 Å². The van der Waals surface area contributed by atoms with Gasteiger partial charge in [-0.05, 0) is 11.6 Å². The summed E-state index contributed by atoms with van der Waals surface area (Å²) in [6.07, 6.45) is 0.746. The van der Waals surface area contributed by atoms with E-state index in [2.05, 4.69) is 10.3 Å². The lowest BCUT2D eigenvalue weighted by molar-refractivity contribution is -0.222. The van der Waals surface area contributed by atoms with Crippen molar-refractivity contribution in [2.24, 2.45) is 0 Å². The molecule has 1 amide bonds. The number of anilines is 1. The molecule has 3 aliphatic heterocycles. The van der Waals surface area contributed by atoms with Crippen LogP contribution in [0.1, 0.15) is 24.3 Å². The van der Waals surface area contributed by atoms with Gasteiger partial charge in [-0.3, -0.25) is 5.32 Å². The van der Waals surface area contributed by atoms with Crippen LogP contribution in [0.5, 0.6) is 5.75 Å². The predicted molar refractivity (Wildman–Crippen MR) is 116 cm³/mol. The van der Waals surface area contributed by atoms with Crippen molar-refractivity contribution in [2.75, 3.05) is 65.2 Å². The Morgan fingerprint density at radius 3 is 2.56 bits per heavy atom. The highest BCUT2D eigenvalue weighted by molar-refractivity contribution is 7.22. The number of nitrogens with zero attached hydrogens (tertiary/aromatic N) is 2. The molecule has 1 aromatic carbocycles. The number of methoxy groups -OCH3 is 1. The summed E-state index contributed by atoms with van der Waals surface area (Å²) in [5.41, 5.74) is 1.77. The minimum Gasteiger partial charge on any atom is -0.494 e. The number of benzene rings is 1. The minimum absolute atomic E-state index is 0.0897. The fraction of sp³-hybridized carbons (Fsp3) is 0.619. The summed E-state index contributed by atoms with van der Waals surface area (Å²) < 4.78 is 29.2. The second-order valence-electron chi connectivity index (χ2n) is 7.94. The van der Waals surface area contributed by atoms with Gasteiger partial charge in [0.2, 0.25) is 0 Å². The standard InChI is InChI=1S/C21H27N3O7S/c1-26-16-3-2-15(14-12-27-8-9-28-13-14)18-17(16)22-19(32-18)23-20(25)31-24-6-4-21(5-7-24)29-10-11-30-21/h2-3,14H,4-13H2,1H3,(H,22,23,25). The first-order valence-electron chi connectivity index (χ1n) is 10.8. The molecule has 2 aromatic rings. The third-order valence-electron chi connectivity index (χ3n) is 5.93. The molecule has 174 valence electrons. The van der Waals surface area contributed by atoms with Gasteiger partial charge in [0.1, 0.15) is 11.3 Å². The van der Waals surface area contributed by atoms with Crippen molar-refractivity contribution in [3.8, 4) is 5.75 Å². The molecule has 1 spiro atoms. The van der Waals surface area contributed by atoms with Crippen LogP contribution in [0.4, 0.5) is 9.93 Å². The Morgan fingerprint density at radius 1 is 1.16 bits per heavy atom. The van der Waals surface area contributed by atoms with Crippen molar-refractivity contribution in [3.63, 3.8) is 0 Å². The normalized spacial score (nSPS) is 22.2. The molecule has 0 saturated carbocycles. The Bertz CT molecular complexity index is 944. The highest BCUT2D eigenvalue weighted by atomic mass is 32.1. The molecule has 1 aromatic heterocycles. The molecule has 0 radical (unpaired) electrons. The highest BCUT2D eigenvalue weighted by Crippen LogP contribution is 2.39. The van der Waals surface area contributed by atoms with E-state index in [1.54, 1.807) is 12.2 Å². The van der Waals surface area contributed by atoms with E-state index in [4.69, 9.17) is 28.5 Å². The zero-order valence-electron chi connectivity index (χ0n) is 18.0. The second kappa shape index (κ2) is 9.46. The van der Waals surface area contributed by atoms with E-state index in [1.807, 2.05) is 12.1 Å². The highest BCUT2D eigenvalue weighted by Gasteiger charge is 2.40. The fourth-order valence-corrected chi connectivity index (χ4v) is 5.33. The average molecular weight is 466 g/mol. The first kappa shape index (κ1) is 21.8. The number of thiazole rings is 1. The van der Waals surface area contributed by atoms with Gasteiger partial charge in [0, 0.05) is 31.8 Å². The Kier molecular flexibility index (Phi) is 6.44. The maximum atomic E-state index is 12.5. The van der Waals surface area contributed by atoms with Gasteiger partial charge in [-0.2, -0.15) is 0 Å². The molecule has 10 nitrogen and oxygen atoms in total. The van der Waals surface area contributed by atoms with Crippen LogP contribution in [0.3, 0.4) is 0 Å². The van der Waals surface area contributed by atoms with Crippen LogP contribution in [0, 0.1) is 0 Å². The number of piperidine rings is 1. The third-order valence-corrected chi connectivity index (χ3v) is 6.95. The van der Waals surface area contributed by atoms with Gasteiger partial charge in [-0.1, -0.05) is 17.4 Å². The lowest BCUT2D eigenvalue weighted by Crippen LogP contribution is -2.46. The van der Waals surface area contributed by atoms with Crippen molar-refractivity contribution in [1.29, 1.82) is 0 Å². The monoisotopic (exact) mass is 465 g/mol. The van der Waals surface area contributed by atoms with E-state index in [-0.39, 0.29) is 5.92 Å². The Morgan fingerprint density at radius 2 is 1.88 bits per heavy atom. The third kappa shape index (κ3) is 4.54. The smallest absolute Gasteiger partial charge is 0.432 e. The molecule has 32 heavy (non-hydrogen) atoms. The van der Waals surface area contributed by atoms with E-state index in [0.717, 1.165) is 10.3 Å². The number of hydrogen-bond donors (Lipinski definition) is 1. The number of carbonyl (C=O) groups is 1. The molecule has 3 fully saturated rings. The summed E-state index contributed by atoms with van der Waals surface area (Å²) in [5, 5.41) is 4.83. The average Bonchev–Trinajstić information content (AvgIpc) is 3.33. The molecule has 0 unspecified atom stereocenters. The number of aromatic nitrogens is 1. The van der Waals surface area contributed by atoms with Crippen LogP contribution in [-0.2, 0) is 23.8 Å². The maximum absolute atomic E-state index is 12.5. The topological polar surface area (TPSA) is 101 Å². The van der Waals surface area contributed by atoms with E-state index in [9.17, 15) is 4.79 Å². The summed E-state index contributed by atoms with van der Waals surface area (Å²) in [6.45, 7) is 4.66. The summed E-state index contributed by atoms with van der Waals surface area (Å²) in [6, 6.07) is 3.90. The number of fused-ring (bicyclic) bond motifs is 1. The number of nitrogens with one attached hydrogen (secondary N) is 1. The van der Waals surface area contributed by atoms with Crippen molar-refractivity contribution in [3.05, 3.63) is 17.7 Å². The van der Waals surface area contributed by atoms with Gasteiger partial charge in [0.15, 0.2) is 10.9 Å². The molecular formula is C21H27N3O7S. The second-order valence-corrected chi connectivity index (χ2v) is 8.94. The predicted octanol–water partition coefficient (Wildman–Crippen LogP) is 2.74. The molecule has 0 atom stereocenters. The van der Waals surface area contributed by atoms with Gasteiger partial charge in [-0.15, -0.1) is 5.06 Å². The molecule has 3 aliphatic rings. The molecule has 11 heteroatoms. The molecule has 1 N–H and O–H groups in total. The zero-order valence-corrected chi connectivity index (χ0v) is 18.8. The number of ether oxygens (including phenoxy) is 5. The number of hydrogen-bond acceptors (Lipinski definition) is 10. The van der Waals surface area contributed by atoms with Crippen LogP contribution in [-0.4, -0.2) is 81.8 Å². The molecule has 4 heterocycles. The number of rotatable bonds is 4. The van der Waals surface area contributed by atoms with Crippen molar-refractivity contribution < 1.29 is 33.3 Å². The zero-order chi connectivity index (χ0) is 22.0. The maximum Gasteiger partial charge on any atom is 0.432 e. The summed E-state index contributed by atoms with van der Waals surface area (Å²) >= 11 is 1.39. The van der Waals surface area contributed by atoms with Gasteiger partial charge >= 0.3 is 6.09 Å². The minimum atomic E-state index is -0.574. The molecule has 0 aliphatic carbocycles. The van der Waals surface area contributed by atoms with Gasteiger partial charge < -0.3 is 28.5 Å².